The molecule has 1 fully saturated rings. The number of sulfonamides is 1. The lowest BCUT2D eigenvalue weighted by Crippen LogP contribution is -2.35. The highest BCUT2D eigenvalue weighted by molar-refractivity contribution is 7.89. The molecule has 0 aliphatic carbocycles. The van der Waals surface area contributed by atoms with E-state index in [1.165, 1.54) is 40.7 Å². The molecular weight excluding hydrogens is 405 g/mol. The number of nitrogens with one attached hydrogen (secondary N) is 1. The van der Waals surface area contributed by atoms with Crippen LogP contribution in [0, 0.1) is 0 Å². The van der Waals surface area contributed by atoms with Crippen molar-refractivity contribution in [1.29, 1.82) is 0 Å². The summed E-state index contributed by atoms with van der Waals surface area (Å²) in [5, 5.41) is 2.60. The molecule has 3 rings (SSSR count). The molecule has 0 bridgehead atoms. The number of piperidine rings is 1. The van der Waals surface area contributed by atoms with Crippen molar-refractivity contribution >= 4 is 15.9 Å². The van der Waals surface area contributed by atoms with Crippen molar-refractivity contribution in [2.24, 2.45) is 0 Å². The summed E-state index contributed by atoms with van der Waals surface area (Å²) in [5.41, 5.74) is -0.0818. The summed E-state index contributed by atoms with van der Waals surface area (Å²) in [7, 11) is -3.66. The average molecular weight is 426 g/mol. The molecule has 0 unspecified atom stereocenters. The predicted octanol–water partition coefficient (Wildman–Crippen LogP) is 3.81. The van der Waals surface area contributed by atoms with Gasteiger partial charge in [-0.2, -0.15) is 17.5 Å². The SMILES string of the molecule is O=C(NCc1ccc(C(F)(F)F)cc1)c1cccc(S(=O)(=O)N2CCCCC2)c1. The smallest absolute Gasteiger partial charge is 0.348 e. The number of benzene rings is 2. The minimum absolute atomic E-state index is 0.0279. The van der Waals surface area contributed by atoms with E-state index >= 15 is 0 Å². The molecule has 9 heteroatoms. The summed E-state index contributed by atoms with van der Waals surface area (Å²) < 4.78 is 64.7. The van der Waals surface area contributed by atoms with Gasteiger partial charge in [0.25, 0.3) is 5.91 Å². The molecule has 1 N–H and O–H groups in total. The Morgan fingerprint density at radius 1 is 1.00 bits per heavy atom. The zero-order valence-electron chi connectivity index (χ0n) is 15.6. The molecule has 0 spiro atoms. The van der Waals surface area contributed by atoms with E-state index < -0.39 is 27.7 Å². The third kappa shape index (κ3) is 5.16. The first-order valence-corrected chi connectivity index (χ1v) is 10.7. The van der Waals surface area contributed by atoms with Crippen LogP contribution in [0.3, 0.4) is 0 Å². The lowest BCUT2D eigenvalue weighted by molar-refractivity contribution is -0.137. The molecule has 2 aromatic rings. The van der Waals surface area contributed by atoms with Gasteiger partial charge in [0.2, 0.25) is 10.0 Å². The lowest BCUT2D eigenvalue weighted by Gasteiger charge is -2.26. The Balaban J connectivity index is 1.68. The van der Waals surface area contributed by atoms with E-state index in [0.717, 1.165) is 31.4 Å². The van der Waals surface area contributed by atoms with E-state index in [1.807, 2.05) is 0 Å². The molecule has 1 saturated heterocycles. The third-order valence-electron chi connectivity index (χ3n) is 4.78. The Morgan fingerprint density at radius 2 is 1.66 bits per heavy atom. The van der Waals surface area contributed by atoms with Gasteiger partial charge in [-0.3, -0.25) is 4.79 Å². The standard InChI is InChI=1S/C20H21F3N2O3S/c21-20(22,23)17-9-7-15(8-10-17)14-24-19(26)16-5-4-6-18(13-16)29(27,28)25-11-2-1-3-12-25/h4-10,13H,1-3,11-12,14H2,(H,24,26). The van der Waals surface area contributed by atoms with Crippen LogP contribution in [0.15, 0.2) is 53.4 Å². The van der Waals surface area contributed by atoms with Crippen LogP contribution in [0.4, 0.5) is 13.2 Å². The summed E-state index contributed by atoms with van der Waals surface area (Å²) in [6.07, 6.45) is -1.79. The van der Waals surface area contributed by atoms with Gasteiger partial charge in [-0.25, -0.2) is 8.42 Å². The van der Waals surface area contributed by atoms with E-state index in [-0.39, 0.29) is 17.0 Å². The van der Waals surface area contributed by atoms with Crippen LogP contribution >= 0.6 is 0 Å². The summed E-state index contributed by atoms with van der Waals surface area (Å²) in [5.74, 6) is -0.499. The normalized spacial score (nSPS) is 15.8. The summed E-state index contributed by atoms with van der Waals surface area (Å²) in [6.45, 7) is 0.958. The van der Waals surface area contributed by atoms with E-state index in [0.29, 0.717) is 18.7 Å². The molecule has 0 saturated carbocycles. The maximum absolute atomic E-state index is 12.8. The first-order valence-electron chi connectivity index (χ1n) is 9.22. The van der Waals surface area contributed by atoms with E-state index in [2.05, 4.69) is 5.32 Å². The Morgan fingerprint density at radius 3 is 2.28 bits per heavy atom. The van der Waals surface area contributed by atoms with Crippen LogP contribution < -0.4 is 5.32 Å². The van der Waals surface area contributed by atoms with Gasteiger partial charge >= 0.3 is 6.18 Å². The lowest BCUT2D eigenvalue weighted by atomic mass is 10.1. The highest BCUT2D eigenvalue weighted by Crippen LogP contribution is 2.29. The van der Waals surface area contributed by atoms with Crippen LogP contribution in [0.25, 0.3) is 0 Å². The minimum atomic E-state index is -4.41. The van der Waals surface area contributed by atoms with Crippen LogP contribution in [-0.4, -0.2) is 31.7 Å². The Kier molecular flexibility index (Phi) is 6.28. The molecular formula is C20H21F3N2O3S. The van der Waals surface area contributed by atoms with Gasteiger partial charge in [-0.05, 0) is 48.7 Å². The van der Waals surface area contributed by atoms with Crippen molar-refractivity contribution in [2.45, 2.75) is 36.9 Å². The second-order valence-electron chi connectivity index (χ2n) is 6.87. The van der Waals surface area contributed by atoms with Crippen molar-refractivity contribution in [3.63, 3.8) is 0 Å². The fourth-order valence-corrected chi connectivity index (χ4v) is 4.71. The number of nitrogens with zero attached hydrogens (tertiary/aromatic N) is 1. The molecule has 5 nitrogen and oxygen atoms in total. The molecule has 29 heavy (non-hydrogen) atoms. The molecule has 2 aromatic carbocycles. The van der Waals surface area contributed by atoms with Gasteiger partial charge in [-0.1, -0.05) is 24.6 Å². The summed E-state index contributed by atoms with van der Waals surface area (Å²) in [4.78, 5) is 12.5. The fraction of sp³-hybridized carbons (Fsp3) is 0.350. The highest BCUT2D eigenvalue weighted by atomic mass is 32.2. The van der Waals surface area contributed by atoms with Crippen molar-refractivity contribution in [1.82, 2.24) is 9.62 Å². The van der Waals surface area contributed by atoms with Crippen molar-refractivity contribution in [3.8, 4) is 0 Å². The number of hydrogen-bond acceptors (Lipinski definition) is 3. The largest absolute Gasteiger partial charge is 0.416 e. The number of rotatable bonds is 5. The maximum Gasteiger partial charge on any atom is 0.416 e. The summed E-state index contributed by atoms with van der Waals surface area (Å²) in [6, 6.07) is 10.3. The third-order valence-corrected chi connectivity index (χ3v) is 6.68. The number of carbonyl (C=O) groups excluding carboxylic acids is 1. The van der Waals surface area contributed by atoms with Gasteiger partial charge < -0.3 is 5.32 Å². The fourth-order valence-electron chi connectivity index (χ4n) is 3.15. The van der Waals surface area contributed by atoms with Crippen LogP contribution in [0.1, 0.15) is 40.7 Å². The number of carbonyl (C=O) groups is 1. The average Bonchev–Trinajstić information content (AvgIpc) is 2.72. The number of amides is 1. The van der Waals surface area contributed by atoms with Gasteiger partial charge in [-0.15, -0.1) is 0 Å². The molecule has 0 aromatic heterocycles. The zero-order chi connectivity index (χ0) is 21.1. The molecule has 0 radical (unpaired) electrons. The molecule has 1 aliphatic heterocycles. The van der Waals surface area contributed by atoms with Crippen LogP contribution in [0.2, 0.25) is 0 Å². The van der Waals surface area contributed by atoms with Crippen LogP contribution in [-0.2, 0) is 22.7 Å². The topological polar surface area (TPSA) is 66.5 Å². The van der Waals surface area contributed by atoms with E-state index in [4.69, 9.17) is 0 Å². The zero-order valence-corrected chi connectivity index (χ0v) is 16.4. The number of halogens is 3. The maximum atomic E-state index is 12.8. The Bertz CT molecular complexity index is 967. The monoisotopic (exact) mass is 426 g/mol. The van der Waals surface area contributed by atoms with Gasteiger partial charge in [0.05, 0.1) is 10.5 Å². The minimum Gasteiger partial charge on any atom is -0.348 e. The first-order chi connectivity index (χ1) is 13.7. The molecule has 156 valence electrons. The second-order valence-corrected chi connectivity index (χ2v) is 8.81. The van der Waals surface area contributed by atoms with Crippen molar-refractivity contribution < 1.29 is 26.4 Å². The second kappa shape index (κ2) is 8.54. The Labute approximate surface area is 167 Å². The van der Waals surface area contributed by atoms with Crippen LogP contribution in [0.5, 0.6) is 0 Å². The Hall–Kier alpha value is -2.39. The first kappa shape index (κ1) is 21.3. The number of hydrogen-bond donors (Lipinski definition) is 1. The quantitative estimate of drug-likeness (QED) is 0.791. The van der Waals surface area contributed by atoms with Gasteiger partial charge in [0.15, 0.2) is 0 Å². The summed E-state index contributed by atoms with van der Waals surface area (Å²) >= 11 is 0. The predicted molar refractivity (Wildman–Crippen MR) is 102 cm³/mol. The molecule has 1 amide bonds. The van der Waals surface area contributed by atoms with Crippen molar-refractivity contribution in [3.05, 3.63) is 65.2 Å². The van der Waals surface area contributed by atoms with Gasteiger partial charge in [0.1, 0.15) is 0 Å². The molecule has 1 heterocycles. The highest BCUT2D eigenvalue weighted by Gasteiger charge is 2.30. The van der Waals surface area contributed by atoms with E-state index in [1.54, 1.807) is 0 Å². The molecule has 0 atom stereocenters. The van der Waals surface area contributed by atoms with Gasteiger partial charge in [0, 0.05) is 25.2 Å². The van der Waals surface area contributed by atoms with E-state index in [9.17, 15) is 26.4 Å². The molecule has 1 aliphatic rings. The number of alkyl halides is 3. The van der Waals surface area contributed by atoms with Crippen molar-refractivity contribution in [2.75, 3.05) is 13.1 Å².